The van der Waals surface area contributed by atoms with Gasteiger partial charge in [0.25, 0.3) is 10.2 Å². The molecule has 28 heavy (non-hydrogen) atoms. The number of hydrogen-bond donors (Lipinski definition) is 1. The van der Waals surface area contributed by atoms with Gasteiger partial charge in [-0.1, -0.05) is 6.92 Å². The fraction of sp³-hybridized carbons (Fsp3) is 0.700. The number of anilines is 1. The Kier molecular flexibility index (Phi) is 7.56. The van der Waals surface area contributed by atoms with Crippen molar-refractivity contribution in [1.82, 2.24) is 13.9 Å². The average molecular weight is 411 g/mol. The molecule has 2 heterocycles. The average Bonchev–Trinajstić information content (AvgIpc) is 2.72. The maximum atomic E-state index is 12.4. The standard InChI is InChI=1S/C20H34N4O3S/c1-18-5-3-12-24(17-18)28(25,26)21-10-4-11-22-13-15-23(16-14-22)19-6-8-20(27-2)9-7-19/h6-9,18,21H,3-5,10-17H2,1-2H3. The zero-order valence-electron chi connectivity index (χ0n) is 17.1. The van der Waals surface area contributed by atoms with Crippen molar-refractivity contribution in [3.05, 3.63) is 24.3 Å². The van der Waals surface area contributed by atoms with Crippen LogP contribution in [0.1, 0.15) is 26.2 Å². The van der Waals surface area contributed by atoms with Crippen molar-refractivity contribution in [3.63, 3.8) is 0 Å². The molecule has 2 aliphatic rings. The first-order chi connectivity index (χ1) is 13.5. The van der Waals surface area contributed by atoms with Gasteiger partial charge in [0.1, 0.15) is 5.75 Å². The maximum absolute atomic E-state index is 12.4. The van der Waals surface area contributed by atoms with E-state index in [2.05, 4.69) is 33.6 Å². The summed E-state index contributed by atoms with van der Waals surface area (Å²) >= 11 is 0. The summed E-state index contributed by atoms with van der Waals surface area (Å²) in [6, 6.07) is 8.20. The smallest absolute Gasteiger partial charge is 0.279 e. The molecule has 0 amide bonds. The van der Waals surface area contributed by atoms with Crippen LogP contribution in [-0.2, 0) is 10.2 Å². The summed E-state index contributed by atoms with van der Waals surface area (Å²) in [7, 11) is -1.64. The van der Waals surface area contributed by atoms with Crippen molar-refractivity contribution in [2.45, 2.75) is 26.2 Å². The lowest BCUT2D eigenvalue weighted by Gasteiger charge is -2.36. The van der Waals surface area contributed by atoms with Gasteiger partial charge in [-0.25, -0.2) is 4.72 Å². The molecule has 0 radical (unpaired) electrons. The van der Waals surface area contributed by atoms with Crippen molar-refractivity contribution in [2.24, 2.45) is 5.92 Å². The molecule has 8 heteroatoms. The largest absolute Gasteiger partial charge is 0.497 e. The molecule has 1 aromatic carbocycles. The van der Waals surface area contributed by atoms with Crippen LogP contribution in [0.25, 0.3) is 0 Å². The topological polar surface area (TPSA) is 65.1 Å². The molecule has 2 fully saturated rings. The summed E-state index contributed by atoms with van der Waals surface area (Å²) in [5.41, 5.74) is 1.23. The van der Waals surface area contributed by atoms with Gasteiger partial charge >= 0.3 is 0 Å². The van der Waals surface area contributed by atoms with Crippen molar-refractivity contribution in [1.29, 1.82) is 0 Å². The molecular formula is C20H34N4O3S. The fourth-order valence-electron chi connectivity index (χ4n) is 3.98. The summed E-state index contributed by atoms with van der Waals surface area (Å²) in [5.74, 6) is 1.33. The lowest BCUT2D eigenvalue weighted by molar-refractivity contribution is 0.254. The summed E-state index contributed by atoms with van der Waals surface area (Å²) in [4.78, 5) is 4.80. The second-order valence-corrected chi connectivity index (χ2v) is 9.64. The Hall–Kier alpha value is -1.35. The zero-order valence-corrected chi connectivity index (χ0v) is 18.0. The molecule has 1 unspecified atom stereocenters. The van der Waals surface area contributed by atoms with Gasteiger partial charge in [0, 0.05) is 51.5 Å². The third-order valence-electron chi connectivity index (χ3n) is 5.71. The lowest BCUT2D eigenvalue weighted by Crippen LogP contribution is -2.48. The quantitative estimate of drug-likeness (QED) is 0.662. The highest BCUT2D eigenvalue weighted by atomic mass is 32.2. The summed E-state index contributed by atoms with van der Waals surface area (Å²) in [5, 5.41) is 0. The van der Waals surface area contributed by atoms with E-state index < -0.39 is 10.2 Å². The molecule has 3 rings (SSSR count). The van der Waals surface area contributed by atoms with E-state index in [-0.39, 0.29) is 0 Å². The van der Waals surface area contributed by atoms with Crippen LogP contribution < -0.4 is 14.4 Å². The van der Waals surface area contributed by atoms with Gasteiger partial charge in [-0.15, -0.1) is 0 Å². The van der Waals surface area contributed by atoms with Crippen LogP contribution in [0.3, 0.4) is 0 Å². The van der Waals surface area contributed by atoms with Gasteiger partial charge in [0.2, 0.25) is 0 Å². The Morgan fingerprint density at radius 1 is 1.11 bits per heavy atom. The number of piperazine rings is 1. The van der Waals surface area contributed by atoms with Crippen LogP contribution >= 0.6 is 0 Å². The highest BCUT2D eigenvalue weighted by molar-refractivity contribution is 7.87. The van der Waals surface area contributed by atoms with E-state index in [0.717, 1.165) is 57.7 Å². The third kappa shape index (κ3) is 5.83. The van der Waals surface area contributed by atoms with Crippen LogP contribution in [0.15, 0.2) is 24.3 Å². The Balaban J connectivity index is 1.35. The number of hydrogen-bond acceptors (Lipinski definition) is 5. The molecular weight excluding hydrogens is 376 g/mol. The molecule has 2 aliphatic heterocycles. The molecule has 1 aromatic rings. The monoisotopic (exact) mass is 410 g/mol. The SMILES string of the molecule is COc1ccc(N2CCN(CCCNS(=O)(=O)N3CCCC(C)C3)CC2)cc1. The Morgan fingerprint density at radius 3 is 2.46 bits per heavy atom. The van der Waals surface area contributed by atoms with Gasteiger partial charge in [-0.3, -0.25) is 4.90 Å². The fourth-order valence-corrected chi connectivity index (χ4v) is 5.39. The van der Waals surface area contributed by atoms with Gasteiger partial charge in [-0.2, -0.15) is 12.7 Å². The van der Waals surface area contributed by atoms with E-state index in [9.17, 15) is 8.42 Å². The van der Waals surface area contributed by atoms with Crippen molar-refractivity contribution in [2.75, 3.05) is 64.4 Å². The summed E-state index contributed by atoms with van der Waals surface area (Å²) < 4.78 is 34.4. The van der Waals surface area contributed by atoms with Crippen LogP contribution in [0, 0.1) is 5.92 Å². The molecule has 2 saturated heterocycles. The minimum Gasteiger partial charge on any atom is -0.497 e. The number of rotatable bonds is 8. The van der Waals surface area contributed by atoms with Crippen molar-refractivity contribution in [3.8, 4) is 5.75 Å². The van der Waals surface area contributed by atoms with Crippen molar-refractivity contribution < 1.29 is 13.2 Å². The van der Waals surface area contributed by atoms with Gasteiger partial charge in [0.15, 0.2) is 0 Å². The molecule has 7 nitrogen and oxygen atoms in total. The van der Waals surface area contributed by atoms with Crippen LogP contribution in [0.4, 0.5) is 5.69 Å². The Bertz CT molecular complexity index is 703. The number of nitrogens with zero attached hydrogens (tertiary/aromatic N) is 3. The first kappa shape index (κ1) is 21.4. The molecule has 1 atom stereocenters. The van der Waals surface area contributed by atoms with Crippen LogP contribution in [0.5, 0.6) is 5.75 Å². The Morgan fingerprint density at radius 2 is 1.82 bits per heavy atom. The van der Waals surface area contributed by atoms with Crippen LogP contribution in [-0.4, -0.2) is 77.1 Å². The number of ether oxygens (including phenoxy) is 1. The van der Waals surface area contributed by atoms with E-state index in [4.69, 9.17) is 4.74 Å². The van der Waals surface area contributed by atoms with E-state index >= 15 is 0 Å². The van der Waals surface area contributed by atoms with Crippen molar-refractivity contribution >= 4 is 15.9 Å². The minimum absolute atomic E-state index is 0.451. The molecule has 1 N–H and O–H groups in total. The predicted molar refractivity (Wildman–Crippen MR) is 113 cm³/mol. The highest BCUT2D eigenvalue weighted by Gasteiger charge is 2.26. The zero-order chi connectivity index (χ0) is 20.0. The summed E-state index contributed by atoms with van der Waals surface area (Å²) in [6.45, 7) is 8.82. The van der Waals surface area contributed by atoms with E-state index in [0.29, 0.717) is 25.6 Å². The predicted octanol–water partition coefficient (Wildman–Crippen LogP) is 1.77. The van der Waals surface area contributed by atoms with E-state index in [1.165, 1.54) is 5.69 Å². The molecule has 0 bridgehead atoms. The number of nitrogens with one attached hydrogen (secondary N) is 1. The van der Waals surface area contributed by atoms with Crippen LogP contribution in [0.2, 0.25) is 0 Å². The van der Waals surface area contributed by atoms with Gasteiger partial charge in [-0.05, 0) is 56.0 Å². The van der Waals surface area contributed by atoms with E-state index in [1.54, 1.807) is 11.4 Å². The summed E-state index contributed by atoms with van der Waals surface area (Å²) in [6.07, 6.45) is 2.92. The molecule has 0 aromatic heterocycles. The molecule has 0 saturated carbocycles. The van der Waals surface area contributed by atoms with Gasteiger partial charge in [0.05, 0.1) is 7.11 Å². The third-order valence-corrected chi connectivity index (χ3v) is 7.29. The highest BCUT2D eigenvalue weighted by Crippen LogP contribution is 2.20. The first-order valence-corrected chi connectivity index (χ1v) is 11.8. The number of piperidine rings is 1. The van der Waals surface area contributed by atoms with E-state index in [1.807, 2.05) is 12.1 Å². The molecule has 0 aliphatic carbocycles. The molecule has 0 spiro atoms. The normalized spacial score (nSPS) is 22.4. The number of methoxy groups -OCH3 is 1. The minimum atomic E-state index is -3.32. The first-order valence-electron chi connectivity index (χ1n) is 10.3. The Labute approximate surface area is 169 Å². The lowest BCUT2D eigenvalue weighted by atomic mass is 10.0. The second kappa shape index (κ2) is 9.91. The maximum Gasteiger partial charge on any atom is 0.279 e. The number of benzene rings is 1. The second-order valence-electron chi connectivity index (χ2n) is 7.89. The van der Waals surface area contributed by atoms with Gasteiger partial charge < -0.3 is 9.64 Å². The molecule has 158 valence electrons.